The molecule has 1 fully saturated rings. The molecule has 3 nitrogen and oxygen atoms in total. The molecule has 1 saturated heterocycles. The molecule has 33 heavy (non-hydrogen) atoms. The van der Waals surface area contributed by atoms with Gasteiger partial charge >= 0.3 is 0 Å². The van der Waals surface area contributed by atoms with Crippen LogP contribution in [0.2, 0.25) is 0 Å². The average Bonchev–Trinajstić information content (AvgIpc) is 3.65. The third-order valence-electron chi connectivity index (χ3n) is 6.43. The fourth-order valence-electron chi connectivity index (χ4n) is 4.90. The van der Waals surface area contributed by atoms with E-state index in [1.165, 1.54) is 47.4 Å². The Morgan fingerprint density at radius 1 is 0.788 bits per heavy atom. The molecule has 5 heteroatoms. The third-order valence-corrected chi connectivity index (χ3v) is 12.9. The highest BCUT2D eigenvalue weighted by molar-refractivity contribution is 7.79. The van der Waals surface area contributed by atoms with Crippen molar-refractivity contribution in [2.24, 2.45) is 0 Å². The van der Waals surface area contributed by atoms with Crippen LogP contribution in [-0.4, -0.2) is 11.0 Å². The number of hydrogen-bond acceptors (Lipinski definition) is 3. The summed E-state index contributed by atoms with van der Waals surface area (Å²) < 4.78 is 14.1. The lowest BCUT2D eigenvalue weighted by Crippen LogP contribution is -2.26. The molecule has 1 aliphatic heterocycles. The lowest BCUT2D eigenvalue weighted by atomic mass is 10.0. The molecular formula is C28H31NO2P2. The normalized spacial score (nSPS) is 20.6. The van der Waals surface area contributed by atoms with Gasteiger partial charge in [-0.2, -0.15) is 0 Å². The third kappa shape index (κ3) is 4.87. The predicted octanol–water partition coefficient (Wildman–Crippen LogP) is 8.00. The second-order valence-corrected chi connectivity index (χ2v) is 13.5. The topological polar surface area (TPSA) is 29.5 Å². The zero-order valence-electron chi connectivity index (χ0n) is 19.1. The van der Waals surface area contributed by atoms with Crippen molar-refractivity contribution in [2.75, 3.05) is 6.54 Å². The quantitative estimate of drug-likeness (QED) is 0.230. The number of benzene rings is 2. The Kier molecular flexibility index (Phi) is 7.42. The number of nitrogens with zero attached hydrogens (tertiary/aromatic N) is 1. The van der Waals surface area contributed by atoms with E-state index in [1.54, 1.807) is 0 Å². The summed E-state index contributed by atoms with van der Waals surface area (Å²) >= 11 is 0. The Hall–Kier alpha value is -2.18. The van der Waals surface area contributed by atoms with Gasteiger partial charge in [-0.25, -0.2) is 0 Å². The first-order valence-electron chi connectivity index (χ1n) is 11.9. The van der Waals surface area contributed by atoms with E-state index in [0.717, 1.165) is 6.54 Å². The van der Waals surface area contributed by atoms with Gasteiger partial charge in [0.25, 0.3) is 0 Å². The first-order valence-corrected chi connectivity index (χ1v) is 14.6. The zero-order chi connectivity index (χ0) is 22.5. The number of furan rings is 2. The molecule has 3 heterocycles. The predicted molar refractivity (Wildman–Crippen MR) is 140 cm³/mol. The van der Waals surface area contributed by atoms with Crippen LogP contribution < -0.4 is 10.6 Å². The summed E-state index contributed by atoms with van der Waals surface area (Å²) in [6.45, 7) is 3.39. The highest BCUT2D eigenvalue weighted by Crippen LogP contribution is 2.76. The molecule has 4 aromatic rings. The van der Waals surface area contributed by atoms with Crippen molar-refractivity contribution in [1.29, 1.82) is 0 Å². The molecule has 0 N–H and O–H groups in total. The van der Waals surface area contributed by atoms with E-state index in [9.17, 15) is 0 Å². The molecule has 0 aliphatic carbocycles. The highest BCUT2D eigenvalue weighted by Gasteiger charge is 2.44. The molecular weight excluding hydrogens is 444 g/mol. The Morgan fingerprint density at radius 2 is 1.30 bits per heavy atom. The molecule has 2 aromatic heterocycles. The van der Waals surface area contributed by atoms with Gasteiger partial charge in [0.15, 0.2) is 0 Å². The molecule has 0 spiro atoms. The van der Waals surface area contributed by atoms with Gasteiger partial charge in [0, 0.05) is 36.5 Å². The van der Waals surface area contributed by atoms with E-state index in [2.05, 4.69) is 84.2 Å². The molecule has 2 aromatic carbocycles. The van der Waals surface area contributed by atoms with Crippen LogP contribution in [0.5, 0.6) is 0 Å². The highest BCUT2D eigenvalue weighted by atomic mass is 31.2. The molecule has 3 atom stereocenters. The Balaban J connectivity index is 1.63. The molecule has 1 aliphatic rings. The maximum absolute atomic E-state index is 5.60. The molecule has 5 rings (SSSR count). The van der Waals surface area contributed by atoms with Gasteiger partial charge in [-0.15, -0.1) is 0 Å². The zero-order valence-corrected chi connectivity index (χ0v) is 20.9. The molecule has 0 bridgehead atoms. The standard InChI is InChI=1S/C28H31NO2P2/c1-2-3-18-29(32(25-16-19-30-21-25)26-17-20-31-22-26)33-27(23-10-6-4-7-11-23)14-15-28(33)24-12-8-5-9-13-24/h4-13,16-17,19-22,27-28H,2-3,14-15,18H2,1H3/t27-,28?,33?/m1/s1. The summed E-state index contributed by atoms with van der Waals surface area (Å²) in [6, 6.07) is 26.7. The van der Waals surface area contributed by atoms with Crippen molar-refractivity contribution in [3.8, 4) is 0 Å². The van der Waals surface area contributed by atoms with Crippen LogP contribution in [-0.2, 0) is 0 Å². The van der Waals surface area contributed by atoms with Crippen molar-refractivity contribution >= 4 is 26.8 Å². The van der Waals surface area contributed by atoms with Crippen LogP contribution in [0.4, 0.5) is 0 Å². The monoisotopic (exact) mass is 475 g/mol. The van der Waals surface area contributed by atoms with Gasteiger partial charge in [0.1, 0.15) is 0 Å². The van der Waals surface area contributed by atoms with Crippen LogP contribution in [0.15, 0.2) is 107 Å². The number of hydrogen-bond donors (Lipinski definition) is 0. The van der Waals surface area contributed by atoms with Crippen LogP contribution >= 0.6 is 16.1 Å². The minimum atomic E-state index is -0.722. The SMILES string of the molecule is CCCCN(P(c1ccoc1)c1ccoc1)P1C(c2ccccc2)CC[C@@H]1c1ccccc1. The van der Waals surface area contributed by atoms with E-state index in [-0.39, 0.29) is 0 Å². The average molecular weight is 476 g/mol. The lowest BCUT2D eigenvalue weighted by Gasteiger charge is -2.41. The first kappa shape index (κ1) is 22.6. The van der Waals surface area contributed by atoms with Crippen molar-refractivity contribution in [2.45, 2.75) is 43.9 Å². The fourth-order valence-corrected chi connectivity index (χ4v) is 12.2. The van der Waals surface area contributed by atoms with E-state index in [1.807, 2.05) is 25.1 Å². The second kappa shape index (κ2) is 10.8. The van der Waals surface area contributed by atoms with Crippen LogP contribution in [0, 0.1) is 0 Å². The van der Waals surface area contributed by atoms with Crippen molar-refractivity contribution in [1.82, 2.24) is 4.44 Å². The maximum atomic E-state index is 5.60. The van der Waals surface area contributed by atoms with Crippen LogP contribution in [0.1, 0.15) is 55.1 Å². The maximum Gasteiger partial charge on any atom is 0.0995 e. The van der Waals surface area contributed by atoms with Crippen molar-refractivity contribution < 1.29 is 8.83 Å². The lowest BCUT2D eigenvalue weighted by molar-refractivity contribution is 0.568. The van der Waals surface area contributed by atoms with Crippen LogP contribution in [0.3, 0.4) is 0 Å². The summed E-state index contributed by atoms with van der Waals surface area (Å²) in [7, 11) is -1.19. The molecule has 0 amide bonds. The second-order valence-electron chi connectivity index (χ2n) is 8.53. The minimum absolute atomic E-state index is 0.470. The number of unbranched alkanes of at least 4 members (excludes halogenated alkanes) is 1. The van der Waals surface area contributed by atoms with E-state index >= 15 is 0 Å². The summed E-state index contributed by atoms with van der Waals surface area (Å²) in [5.74, 6) is 0. The summed E-state index contributed by atoms with van der Waals surface area (Å²) in [4.78, 5) is 0. The molecule has 2 unspecified atom stereocenters. The number of rotatable bonds is 9. The Labute approximate surface area is 199 Å². The smallest absolute Gasteiger partial charge is 0.0995 e. The van der Waals surface area contributed by atoms with Gasteiger partial charge in [-0.05, 0) is 50.6 Å². The Morgan fingerprint density at radius 3 is 1.73 bits per heavy atom. The molecule has 170 valence electrons. The Bertz CT molecular complexity index is 1000. The van der Waals surface area contributed by atoms with Crippen LogP contribution in [0.25, 0.3) is 0 Å². The molecule has 0 radical (unpaired) electrons. The fraction of sp³-hybridized carbons (Fsp3) is 0.286. The minimum Gasteiger partial charge on any atom is -0.472 e. The van der Waals surface area contributed by atoms with E-state index in [4.69, 9.17) is 8.83 Å². The summed E-state index contributed by atoms with van der Waals surface area (Å²) in [6.07, 6.45) is 12.4. The van der Waals surface area contributed by atoms with E-state index in [0.29, 0.717) is 11.3 Å². The van der Waals surface area contributed by atoms with Gasteiger partial charge in [0.2, 0.25) is 0 Å². The largest absolute Gasteiger partial charge is 0.472 e. The van der Waals surface area contributed by atoms with E-state index < -0.39 is 16.1 Å². The first-order chi connectivity index (χ1) is 16.4. The summed E-state index contributed by atoms with van der Waals surface area (Å²) in [5.41, 5.74) is 4.09. The molecule has 0 saturated carbocycles. The van der Waals surface area contributed by atoms with Gasteiger partial charge in [0.05, 0.1) is 25.1 Å². The summed E-state index contributed by atoms with van der Waals surface area (Å²) in [5, 5.41) is 2.55. The van der Waals surface area contributed by atoms with Crippen molar-refractivity contribution in [3.05, 3.63) is 109 Å². The van der Waals surface area contributed by atoms with Gasteiger partial charge in [-0.1, -0.05) is 74.0 Å². The van der Waals surface area contributed by atoms with Crippen molar-refractivity contribution in [3.63, 3.8) is 0 Å². The van der Waals surface area contributed by atoms with Gasteiger partial charge in [-0.3, -0.25) is 4.44 Å². The van der Waals surface area contributed by atoms with Gasteiger partial charge < -0.3 is 8.83 Å².